The predicted octanol–water partition coefficient (Wildman–Crippen LogP) is 3.02. The Balaban J connectivity index is 2.66. The molecule has 1 heterocycles. The quantitative estimate of drug-likeness (QED) is 0.677. The average molecular weight is 170 g/mol. The summed E-state index contributed by atoms with van der Waals surface area (Å²) in [4.78, 5) is 2.76. The minimum absolute atomic E-state index is 0.644. The maximum absolute atomic E-state index is 5.03. The van der Waals surface area contributed by atoms with Gasteiger partial charge in [-0.3, -0.25) is 0 Å². The summed E-state index contributed by atoms with van der Waals surface area (Å²) in [7, 11) is 1.73. The molecule has 1 aromatic rings. The lowest BCUT2D eigenvalue weighted by atomic mass is 10.2. The third-order valence-corrected chi connectivity index (χ3v) is 2.90. The molecule has 0 unspecified atom stereocenters. The minimum atomic E-state index is 0.644. The first-order valence-electron chi connectivity index (χ1n) is 3.81. The van der Waals surface area contributed by atoms with Crippen LogP contribution in [0.5, 0.6) is 0 Å². The van der Waals surface area contributed by atoms with Gasteiger partial charge in [0.1, 0.15) is 0 Å². The average Bonchev–Trinajstić information content (AvgIpc) is 2.37. The van der Waals surface area contributed by atoms with E-state index >= 15 is 0 Å². The Morgan fingerprint density at radius 2 is 2.18 bits per heavy atom. The van der Waals surface area contributed by atoms with Crippen molar-refractivity contribution in [2.45, 2.75) is 26.4 Å². The van der Waals surface area contributed by atoms with Crippen LogP contribution in [0.2, 0.25) is 0 Å². The van der Waals surface area contributed by atoms with E-state index in [0.717, 1.165) is 6.61 Å². The highest BCUT2D eigenvalue weighted by Crippen LogP contribution is 2.24. The van der Waals surface area contributed by atoms with Crippen LogP contribution >= 0.6 is 11.3 Å². The molecular weight excluding hydrogens is 156 g/mol. The lowest BCUT2D eigenvalue weighted by Gasteiger charge is -1.97. The van der Waals surface area contributed by atoms with E-state index in [9.17, 15) is 0 Å². The molecular formula is C9H14OS. The van der Waals surface area contributed by atoms with Crippen LogP contribution in [-0.2, 0) is 11.3 Å². The maximum Gasteiger partial charge on any atom is 0.0805 e. The van der Waals surface area contributed by atoms with Crippen molar-refractivity contribution in [3.8, 4) is 0 Å². The molecule has 0 aromatic carbocycles. The fourth-order valence-electron chi connectivity index (χ4n) is 0.925. The third-order valence-electron chi connectivity index (χ3n) is 1.54. The van der Waals surface area contributed by atoms with Crippen LogP contribution in [0, 0.1) is 0 Å². The van der Waals surface area contributed by atoms with Crippen LogP contribution < -0.4 is 0 Å². The second-order valence-corrected chi connectivity index (χ2v) is 4.09. The summed E-state index contributed by atoms with van der Waals surface area (Å²) in [5, 5.41) is 0. The first kappa shape index (κ1) is 8.75. The van der Waals surface area contributed by atoms with Gasteiger partial charge in [-0.25, -0.2) is 0 Å². The van der Waals surface area contributed by atoms with E-state index in [2.05, 4.69) is 26.0 Å². The van der Waals surface area contributed by atoms with Crippen LogP contribution in [0.25, 0.3) is 0 Å². The molecule has 62 valence electrons. The van der Waals surface area contributed by atoms with Crippen molar-refractivity contribution in [3.63, 3.8) is 0 Å². The zero-order chi connectivity index (χ0) is 8.27. The summed E-state index contributed by atoms with van der Waals surface area (Å²) in [5.74, 6) is 0.644. The Hall–Kier alpha value is -0.340. The van der Waals surface area contributed by atoms with Crippen molar-refractivity contribution in [1.82, 2.24) is 0 Å². The highest BCUT2D eigenvalue weighted by Gasteiger charge is 2.02. The fraction of sp³-hybridized carbons (Fsp3) is 0.556. The molecule has 0 aliphatic rings. The van der Waals surface area contributed by atoms with Crippen molar-refractivity contribution in [3.05, 3.63) is 21.9 Å². The Morgan fingerprint density at radius 3 is 2.64 bits per heavy atom. The van der Waals surface area contributed by atoms with Crippen molar-refractivity contribution in [2.24, 2.45) is 0 Å². The summed E-state index contributed by atoms with van der Waals surface area (Å²) < 4.78 is 5.03. The summed E-state index contributed by atoms with van der Waals surface area (Å²) >= 11 is 1.84. The normalized spacial score (nSPS) is 10.9. The number of ether oxygens (including phenoxy) is 1. The van der Waals surface area contributed by atoms with Gasteiger partial charge in [-0.15, -0.1) is 11.3 Å². The molecule has 1 nitrogen and oxygen atoms in total. The Bertz CT molecular complexity index is 215. The zero-order valence-electron chi connectivity index (χ0n) is 7.26. The molecule has 0 saturated carbocycles. The highest BCUT2D eigenvalue weighted by molar-refractivity contribution is 7.12. The second-order valence-electron chi connectivity index (χ2n) is 2.89. The first-order valence-corrected chi connectivity index (χ1v) is 4.63. The molecule has 0 aliphatic carbocycles. The fourth-order valence-corrected chi connectivity index (χ4v) is 1.91. The van der Waals surface area contributed by atoms with Crippen LogP contribution in [0.3, 0.4) is 0 Å². The van der Waals surface area contributed by atoms with E-state index in [0.29, 0.717) is 5.92 Å². The molecule has 0 radical (unpaired) electrons. The van der Waals surface area contributed by atoms with Gasteiger partial charge in [-0.05, 0) is 18.1 Å². The second kappa shape index (κ2) is 3.88. The van der Waals surface area contributed by atoms with Crippen LogP contribution in [0.15, 0.2) is 12.1 Å². The van der Waals surface area contributed by atoms with Gasteiger partial charge >= 0.3 is 0 Å². The molecule has 0 amide bonds. The largest absolute Gasteiger partial charge is 0.379 e. The van der Waals surface area contributed by atoms with Gasteiger partial charge in [-0.1, -0.05) is 13.8 Å². The third kappa shape index (κ3) is 2.31. The molecule has 0 atom stereocenters. The van der Waals surface area contributed by atoms with Crippen molar-refractivity contribution in [1.29, 1.82) is 0 Å². The molecule has 2 heteroatoms. The molecule has 1 rings (SSSR count). The Kier molecular flexibility index (Phi) is 3.09. The summed E-state index contributed by atoms with van der Waals surface area (Å²) in [6.45, 7) is 5.17. The molecule has 0 aliphatic heterocycles. The van der Waals surface area contributed by atoms with Gasteiger partial charge < -0.3 is 4.74 Å². The summed E-state index contributed by atoms with van der Waals surface area (Å²) in [5.41, 5.74) is 0. The Morgan fingerprint density at radius 1 is 1.45 bits per heavy atom. The monoisotopic (exact) mass is 170 g/mol. The van der Waals surface area contributed by atoms with E-state index in [4.69, 9.17) is 4.74 Å². The van der Waals surface area contributed by atoms with Gasteiger partial charge in [-0.2, -0.15) is 0 Å². The first-order chi connectivity index (χ1) is 5.24. The lowest BCUT2D eigenvalue weighted by molar-refractivity contribution is 0.187. The number of hydrogen-bond donors (Lipinski definition) is 0. The summed E-state index contributed by atoms with van der Waals surface area (Å²) in [6, 6.07) is 4.33. The number of thiophene rings is 1. The molecule has 11 heavy (non-hydrogen) atoms. The van der Waals surface area contributed by atoms with Gasteiger partial charge in [0.05, 0.1) is 6.61 Å². The van der Waals surface area contributed by atoms with Crippen molar-refractivity contribution < 1.29 is 4.74 Å². The molecule has 0 bridgehead atoms. The molecule has 0 spiro atoms. The van der Waals surface area contributed by atoms with Crippen molar-refractivity contribution >= 4 is 11.3 Å². The topological polar surface area (TPSA) is 9.23 Å². The van der Waals surface area contributed by atoms with Gasteiger partial charge in [0.2, 0.25) is 0 Å². The van der Waals surface area contributed by atoms with Crippen LogP contribution in [-0.4, -0.2) is 7.11 Å². The van der Waals surface area contributed by atoms with Crippen LogP contribution in [0.1, 0.15) is 29.5 Å². The predicted molar refractivity (Wildman–Crippen MR) is 49.1 cm³/mol. The molecule has 1 aromatic heterocycles. The SMILES string of the molecule is COCc1ccc(C(C)C)s1. The minimum Gasteiger partial charge on any atom is -0.379 e. The molecule has 0 saturated heterocycles. The lowest BCUT2D eigenvalue weighted by Crippen LogP contribution is -1.80. The van der Waals surface area contributed by atoms with E-state index in [-0.39, 0.29) is 0 Å². The van der Waals surface area contributed by atoms with E-state index in [1.54, 1.807) is 7.11 Å². The number of rotatable bonds is 3. The van der Waals surface area contributed by atoms with Crippen LogP contribution in [0.4, 0.5) is 0 Å². The smallest absolute Gasteiger partial charge is 0.0805 e. The van der Waals surface area contributed by atoms with Gasteiger partial charge in [0.15, 0.2) is 0 Å². The van der Waals surface area contributed by atoms with E-state index in [1.807, 2.05) is 11.3 Å². The van der Waals surface area contributed by atoms with Crippen molar-refractivity contribution in [2.75, 3.05) is 7.11 Å². The van der Waals surface area contributed by atoms with E-state index < -0.39 is 0 Å². The maximum atomic E-state index is 5.03. The molecule has 0 fully saturated rings. The van der Waals surface area contributed by atoms with E-state index in [1.165, 1.54) is 9.75 Å². The van der Waals surface area contributed by atoms with Gasteiger partial charge in [0.25, 0.3) is 0 Å². The Labute approximate surface area is 72.0 Å². The number of hydrogen-bond acceptors (Lipinski definition) is 2. The highest BCUT2D eigenvalue weighted by atomic mass is 32.1. The summed E-state index contributed by atoms with van der Waals surface area (Å²) in [6.07, 6.45) is 0. The standard InChI is InChI=1S/C9H14OS/c1-7(2)9-5-4-8(11-9)6-10-3/h4-5,7H,6H2,1-3H3. The number of methoxy groups -OCH3 is 1. The molecule has 0 N–H and O–H groups in total. The zero-order valence-corrected chi connectivity index (χ0v) is 8.07. The van der Waals surface area contributed by atoms with Gasteiger partial charge in [0, 0.05) is 16.9 Å².